The minimum Gasteiger partial charge on any atom is -0.356 e. The van der Waals surface area contributed by atoms with E-state index >= 15 is 0 Å². The molecule has 0 saturated carbocycles. The smallest absolute Gasteiger partial charge is 0.223 e. The predicted octanol–water partition coefficient (Wildman–Crippen LogP) is 1.02. The van der Waals surface area contributed by atoms with Crippen molar-refractivity contribution in [3.63, 3.8) is 0 Å². The van der Waals surface area contributed by atoms with Gasteiger partial charge in [-0.3, -0.25) is 4.79 Å². The van der Waals surface area contributed by atoms with Crippen molar-refractivity contribution in [1.82, 2.24) is 5.32 Å². The maximum absolute atomic E-state index is 11.0. The highest BCUT2D eigenvalue weighted by Gasteiger charge is 2.32. The van der Waals surface area contributed by atoms with Gasteiger partial charge in [0.05, 0.1) is 0 Å². The lowest BCUT2D eigenvalue weighted by atomic mass is 9.87. The molecule has 0 aromatic rings. The van der Waals surface area contributed by atoms with Crippen molar-refractivity contribution in [3.8, 4) is 0 Å². The van der Waals surface area contributed by atoms with Crippen LogP contribution in [0.15, 0.2) is 0 Å². The molecule has 2 heteroatoms. The lowest BCUT2D eigenvalue weighted by Gasteiger charge is -2.15. The van der Waals surface area contributed by atoms with Crippen molar-refractivity contribution in [2.75, 3.05) is 6.54 Å². The number of carbonyl (C=O) groups excluding carboxylic acids is 1. The Kier molecular flexibility index (Phi) is 1.97. The molecule has 2 atom stereocenters. The zero-order valence-electron chi connectivity index (χ0n) is 6.85. The van der Waals surface area contributed by atoms with Crippen LogP contribution in [0.3, 0.4) is 0 Å². The van der Waals surface area contributed by atoms with Gasteiger partial charge in [-0.25, -0.2) is 0 Å². The third-order valence-electron chi connectivity index (χ3n) is 2.42. The molecule has 1 aliphatic heterocycles. The van der Waals surface area contributed by atoms with Crippen molar-refractivity contribution >= 4 is 5.91 Å². The van der Waals surface area contributed by atoms with Crippen molar-refractivity contribution in [2.24, 2.45) is 17.8 Å². The van der Waals surface area contributed by atoms with Crippen LogP contribution in [0.4, 0.5) is 0 Å². The van der Waals surface area contributed by atoms with E-state index in [-0.39, 0.29) is 11.8 Å². The molecule has 0 radical (unpaired) electrons. The molecule has 1 N–H and O–H groups in total. The summed E-state index contributed by atoms with van der Waals surface area (Å²) >= 11 is 0. The van der Waals surface area contributed by atoms with Crippen LogP contribution < -0.4 is 5.32 Å². The fourth-order valence-electron chi connectivity index (χ4n) is 1.56. The fraction of sp³-hybridized carbons (Fsp3) is 0.875. The average molecular weight is 141 g/mol. The molecule has 1 amide bonds. The number of hydrogen-bond donors (Lipinski definition) is 1. The molecular weight excluding hydrogens is 126 g/mol. The minimum absolute atomic E-state index is 0.221. The van der Waals surface area contributed by atoms with Gasteiger partial charge in [-0.05, 0) is 11.8 Å². The van der Waals surface area contributed by atoms with Crippen LogP contribution in [0.2, 0.25) is 0 Å². The summed E-state index contributed by atoms with van der Waals surface area (Å²) in [5.74, 6) is 1.61. The van der Waals surface area contributed by atoms with Gasteiger partial charge in [0, 0.05) is 12.5 Å². The van der Waals surface area contributed by atoms with E-state index in [0.29, 0.717) is 11.8 Å². The monoisotopic (exact) mass is 141 g/mol. The van der Waals surface area contributed by atoms with Crippen LogP contribution in [-0.2, 0) is 4.79 Å². The van der Waals surface area contributed by atoms with Crippen molar-refractivity contribution in [3.05, 3.63) is 0 Å². The summed E-state index contributed by atoms with van der Waals surface area (Å²) < 4.78 is 0. The summed E-state index contributed by atoms with van der Waals surface area (Å²) in [5.41, 5.74) is 0. The van der Waals surface area contributed by atoms with Gasteiger partial charge in [-0.2, -0.15) is 0 Å². The second-order valence-corrected chi connectivity index (χ2v) is 3.44. The molecule has 10 heavy (non-hydrogen) atoms. The molecule has 2 nitrogen and oxygen atoms in total. The van der Waals surface area contributed by atoms with Gasteiger partial charge < -0.3 is 5.32 Å². The summed E-state index contributed by atoms with van der Waals surface area (Å²) in [6.07, 6.45) is 0. The van der Waals surface area contributed by atoms with Crippen molar-refractivity contribution < 1.29 is 4.79 Å². The van der Waals surface area contributed by atoms with Crippen molar-refractivity contribution in [2.45, 2.75) is 20.8 Å². The molecule has 58 valence electrons. The number of rotatable bonds is 1. The van der Waals surface area contributed by atoms with E-state index in [4.69, 9.17) is 0 Å². The molecule has 1 heterocycles. The molecule has 1 rings (SSSR count). The first-order valence-corrected chi connectivity index (χ1v) is 3.90. The molecule has 0 aromatic carbocycles. The minimum atomic E-state index is 0.221. The van der Waals surface area contributed by atoms with Gasteiger partial charge in [-0.1, -0.05) is 20.8 Å². The highest BCUT2D eigenvalue weighted by Crippen LogP contribution is 2.24. The Balaban J connectivity index is 2.57. The Morgan fingerprint density at radius 2 is 2.20 bits per heavy atom. The summed E-state index contributed by atoms with van der Waals surface area (Å²) in [6, 6.07) is 0. The zero-order chi connectivity index (χ0) is 7.72. The van der Waals surface area contributed by atoms with E-state index < -0.39 is 0 Å². The lowest BCUT2D eigenvalue weighted by molar-refractivity contribution is -0.122. The first-order chi connectivity index (χ1) is 4.63. The first-order valence-electron chi connectivity index (χ1n) is 3.90. The van der Waals surface area contributed by atoms with Crippen LogP contribution in [0.25, 0.3) is 0 Å². The third kappa shape index (κ3) is 1.15. The standard InChI is InChI=1S/C8H15NO/c1-5(2)7-4-9-8(10)6(7)3/h5-7H,4H2,1-3H3,(H,9,10)/t6-,7-/m0/s1. The SMILES string of the molecule is CC(C)[C@@H]1CNC(=O)[C@H]1C. The summed E-state index contributed by atoms with van der Waals surface area (Å²) in [4.78, 5) is 11.0. The van der Waals surface area contributed by atoms with E-state index in [2.05, 4.69) is 19.2 Å². The number of carbonyl (C=O) groups is 1. The summed E-state index contributed by atoms with van der Waals surface area (Å²) in [5, 5.41) is 2.86. The van der Waals surface area contributed by atoms with E-state index in [0.717, 1.165) is 6.54 Å². The molecule has 0 spiro atoms. The Hall–Kier alpha value is -0.530. The Labute approximate surface area is 62.0 Å². The van der Waals surface area contributed by atoms with Gasteiger partial charge in [-0.15, -0.1) is 0 Å². The Morgan fingerprint density at radius 3 is 2.40 bits per heavy atom. The van der Waals surface area contributed by atoms with Gasteiger partial charge >= 0.3 is 0 Å². The number of hydrogen-bond acceptors (Lipinski definition) is 1. The van der Waals surface area contributed by atoms with Crippen LogP contribution >= 0.6 is 0 Å². The van der Waals surface area contributed by atoms with E-state index in [1.807, 2.05) is 6.92 Å². The zero-order valence-corrected chi connectivity index (χ0v) is 6.85. The van der Waals surface area contributed by atoms with Crippen LogP contribution in [0.5, 0.6) is 0 Å². The van der Waals surface area contributed by atoms with E-state index in [9.17, 15) is 4.79 Å². The van der Waals surface area contributed by atoms with Crippen LogP contribution in [0, 0.1) is 17.8 Å². The van der Waals surface area contributed by atoms with E-state index in [1.165, 1.54) is 0 Å². The second-order valence-electron chi connectivity index (χ2n) is 3.44. The molecule has 1 aliphatic rings. The molecule has 0 aliphatic carbocycles. The van der Waals surface area contributed by atoms with Gasteiger partial charge in [0.1, 0.15) is 0 Å². The predicted molar refractivity (Wildman–Crippen MR) is 40.5 cm³/mol. The van der Waals surface area contributed by atoms with E-state index in [1.54, 1.807) is 0 Å². The molecule has 0 unspecified atom stereocenters. The van der Waals surface area contributed by atoms with Gasteiger partial charge in [0.15, 0.2) is 0 Å². The van der Waals surface area contributed by atoms with Crippen molar-refractivity contribution in [1.29, 1.82) is 0 Å². The maximum Gasteiger partial charge on any atom is 0.223 e. The number of nitrogens with one attached hydrogen (secondary N) is 1. The third-order valence-corrected chi connectivity index (χ3v) is 2.42. The highest BCUT2D eigenvalue weighted by molar-refractivity contribution is 5.80. The summed E-state index contributed by atoms with van der Waals surface area (Å²) in [6.45, 7) is 7.22. The maximum atomic E-state index is 11.0. The van der Waals surface area contributed by atoms with Gasteiger partial charge in [0.25, 0.3) is 0 Å². The number of amides is 1. The fourth-order valence-corrected chi connectivity index (χ4v) is 1.56. The van der Waals surface area contributed by atoms with Crippen LogP contribution in [0.1, 0.15) is 20.8 Å². The topological polar surface area (TPSA) is 29.1 Å². The molecule has 1 fully saturated rings. The molecule has 1 saturated heterocycles. The second kappa shape index (κ2) is 2.60. The Morgan fingerprint density at radius 1 is 1.60 bits per heavy atom. The normalized spacial score (nSPS) is 33.0. The first kappa shape index (κ1) is 7.58. The van der Waals surface area contributed by atoms with Crippen LogP contribution in [-0.4, -0.2) is 12.5 Å². The summed E-state index contributed by atoms with van der Waals surface area (Å²) in [7, 11) is 0. The molecule has 0 bridgehead atoms. The highest BCUT2D eigenvalue weighted by atomic mass is 16.2. The largest absolute Gasteiger partial charge is 0.356 e. The average Bonchev–Trinajstić information content (AvgIpc) is 2.14. The molecule has 0 aromatic heterocycles. The lowest BCUT2D eigenvalue weighted by Crippen LogP contribution is -2.17. The quantitative estimate of drug-likeness (QED) is 0.580. The Bertz CT molecular complexity index is 142. The van der Waals surface area contributed by atoms with Gasteiger partial charge in [0.2, 0.25) is 5.91 Å². The molecular formula is C8H15NO.